The zero-order chi connectivity index (χ0) is 8.55. The van der Waals surface area contributed by atoms with Crippen LogP contribution >= 0.6 is 0 Å². The number of hydrogen-bond donors (Lipinski definition) is 2. The molecule has 0 amide bonds. The van der Waals surface area contributed by atoms with E-state index in [1.165, 1.54) is 5.56 Å². The molecule has 1 aliphatic rings. The second kappa shape index (κ2) is 2.68. The summed E-state index contributed by atoms with van der Waals surface area (Å²) in [5.74, 6) is 6.28. The summed E-state index contributed by atoms with van der Waals surface area (Å²) in [6, 6.07) is 5.89. The molecule has 1 heterocycles. The van der Waals surface area contributed by atoms with E-state index >= 15 is 0 Å². The Labute approximate surface area is 71.5 Å². The van der Waals surface area contributed by atoms with E-state index in [0.29, 0.717) is 6.10 Å². The first-order chi connectivity index (χ1) is 5.79. The molecule has 0 aromatic heterocycles. The van der Waals surface area contributed by atoms with Crippen LogP contribution in [-0.4, -0.2) is 6.10 Å². The van der Waals surface area contributed by atoms with Gasteiger partial charge >= 0.3 is 0 Å². The molecule has 1 aliphatic heterocycles. The smallest absolute Gasteiger partial charge is 0.123 e. The van der Waals surface area contributed by atoms with E-state index in [9.17, 15) is 0 Å². The third kappa shape index (κ3) is 1.12. The van der Waals surface area contributed by atoms with E-state index < -0.39 is 0 Å². The number of nitrogen functional groups attached to an aromatic ring is 1. The van der Waals surface area contributed by atoms with Crippen LogP contribution in [0.3, 0.4) is 0 Å². The van der Waals surface area contributed by atoms with Crippen LogP contribution in [0.1, 0.15) is 12.5 Å². The largest absolute Gasteiger partial charge is 0.490 e. The number of ether oxygens (including phenoxy) is 1. The summed E-state index contributed by atoms with van der Waals surface area (Å²) in [5, 5.41) is 0. The number of fused-ring (bicyclic) bond motifs is 1. The molecular formula is C9H12N2O. The number of hydrogen-bond acceptors (Lipinski definition) is 3. The minimum Gasteiger partial charge on any atom is -0.490 e. The predicted molar refractivity (Wildman–Crippen MR) is 48.0 cm³/mol. The topological polar surface area (TPSA) is 47.3 Å². The fourth-order valence-electron chi connectivity index (χ4n) is 1.51. The molecule has 0 spiro atoms. The molecule has 0 radical (unpaired) electrons. The van der Waals surface area contributed by atoms with Crippen molar-refractivity contribution in [2.75, 3.05) is 5.43 Å². The van der Waals surface area contributed by atoms with Crippen LogP contribution in [0.4, 0.5) is 5.69 Å². The average molecular weight is 164 g/mol. The molecule has 0 saturated carbocycles. The van der Waals surface area contributed by atoms with Crippen LogP contribution in [0.5, 0.6) is 5.75 Å². The Morgan fingerprint density at radius 2 is 2.42 bits per heavy atom. The highest BCUT2D eigenvalue weighted by atomic mass is 16.5. The maximum atomic E-state index is 5.54. The number of hydrazine groups is 1. The van der Waals surface area contributed by atoms with E-state index in [1.807, 2.05) is 18.2 Å². The summed E-state index contributed by atoms with van der Waals surface area (Å²) < 4.78 is 5.54. The number of nitrogens with one attached hydrogen (secondary N) is 1. The van der Waals surface area contributed by atoms with Gasteiger partial charge in [-0.3, -0.25) is 5.84 Å². The van der Waals surface area contributed by atoms with E-state index in [1.54, 1.807) is 0 Å². The van der Waals surface area contributed by atoms with Crippen molar-refractivity contribution in [1.82, 2.24) is 0 Å². The highest BCUT2D eigenvalue weighted by Crippen LogP contribution is 2.30. The molecule has 0 bridgehead atoms. The molecule has 3 nitrogen and oxygen atoms in total. The molecule has 64 valence electrons. The molecular weight excluding hydrogens is 152 g/mol. The lowest BCUT2D eigenvalue weighted by atomic mass is 10.1. The van der Waals surface area contributed by atoms with Crippen LogP contribution < -0.4 is 16.0 Å². The highest BCUT2D eigenvalue weighted by Gasteiger charge is 2.18. The van der Waals surface area contributed by atoms with Gasteiger partial charge in [-0.1, -0.05) is 0 Å². The Morgan fingerprint density at radius 1 is 1.58 bits per heavy atom. The zero-order valence-electron chi connectivity index (χ0n) is 7.00. The lowest BCUT2D eigenvalue weighted by Gasteiger charge is -2.02. The van der Waals surface area contributed by atoms with E-state index in [0.717, 1.165) is 17.9 Å². The van der Waals surface area contributed by atoms with Crippen molar-refractivity contribution >= 4 is 5.69 Å². The first kappa shape index (κ1) is 7.43. The second-order valence-electron chi connectivity index (χ2n) is 3.10. The molecule has 1 aromatic carbocycles. The molecule has 1 aromatic rings. The van der Waals surface area contributed by atoms with Crippen LogP contribution in [0.15, 0.2) is 18.2 Å². The Kier molecular flexibility index (Phi) is 1.66. The van der Waals surface area contributed by atoms with Gasteiger partial charge in [0.25, 0.3) is 0 Å². The summed E-state index contributed by atoms with van der Waals surface area (Å²) in [4.78, 5) is 0. The molecule has 0 aliphatic carbocycles. The van der Waals surface area contributed by atoms with E-state index in [-0.39, 0.29) is 0 Å². The van der Waals surface area contributed by atoms with Crippen molar-refractivity contribution in [1.29, 1.82) is 0 Å². The first-order valence-corrected chi connectivity index (χ1v) is 4.06. The third-order valence-corrected chi connectivity index (χ3v) is 2.06. The lowest BCUT2D eigenvalue weighted by molar-refractivity contribution is 0.254. The van der Waals surface area contributed by atoms with Crippen LogP contribution in [0.2, 0.25) is 0 Å². The summed E-state index contributed by atoms with van der Waals surface area (Å²) >= 11 is 0. The van der Waals surface area contributed by atoms with Gasteiger partial charge in [0, 0.05) is 12.1 Å². The van der Waals surface area contributed by atoms with Crippen LogP contribution in [-0.2, 0) is 6.42 Å². The molecule has 0 fully saturated rings. The molecule has 12 heavy (non-hydrogen) atoms. The summed E-state index contributed by atoms with van der Waals surface area (Å²) in [6.45, 7) is 2.07. The van der Waals surface area contributed by atoms with Crippen molar-refractivity contribution < 1.29 is 4.74 Å². The molecule has 3 heteroatoms. The molecule has 2 rings (SSSR count). The van der Waals surface area contributed by atoms with Gasteiger partial charge in [-0.05, 0) is 30.7 Å². The maximum absolute atomic E-state index is 5.54. The standard InChI is InChI=1S/C9H12N2O/c1-6-4-7-5-8(11-10)2-3-9(7)12-6/h2-3,5-6,11H,4,10H2,1H3. The number of benzene rings is 1. The van der Waals surface area contributed by atoms with Crippen molar-refractivity contribution in [2.24, 2.45) is 5.84 Å². The Morgan fingerprint density at radius 3 is 3.17 bits per heavy atom. The number of rotatable bonds is 1. The van der Waals surface area contributed by atoms with E-state index in [4.69, 9.17) is 10.6 Å². The molecule has 1 atom stereocenters. The van der Waals surface area contributed by atoms with Crippen LogP contribution in [0, 0.1) is 0 Å². The Bertz CT molecular complexity index is 299. The Balaban J connectivity index is 2.35. The second-order valence-corrected chi connectivity index (χ2v) is 3.10. The maximum Gasteiger partial charge on any atom is 0.123 e. The lowest BCUT2D eigenvalue weighted by Crippen LogP contribution is -2.06. The van der Waals surface area contributed by atoms with Crippen molar-refractivity contribution in [3.05, 3.63) is 23.8 Å². The fraction of sp³-hybridized carbons (Fsp3) is 0.333. The van der Waals surface area contributed by atoms with Gasteiger partial charge in [0.1, 0.15) is 11.9 Å². The fourth-order valence-corrected chi connectivity index (χ4v) is 1.51. The SMILES string of the molecule is CC1Cc2cc(NN)ccc2O1. The summed E-state index contributed by atoms with van der Waals surface area (Å²) in [6.07, 6.45) is 1.28. The van der Waals surface area contributed by atoms with Crippen molar-refractivity contribution in [3.63, 3.8) is 0 Å². The van der Waals surface area contributed by atoms with Crippen molar-refractivity contribution in [2.45, 2.75) is 19.4 Å². The normalized spacial score (nSPS) is 20.0. The van der Waals surface area contributed by atoms with Gasteiger partial charge in [0.2, 0.25) is 0 Å². The van der Waals surface area contributed by atoms with Gasteiger partial charge in [-0.15, -0.1) is 0 Å². The average Bonchev–Trinajstić information content (AvgIpc) is 2.43. The third-order valence-electron chi connectivity index (χ3n) is 2.06. The van der Waals surface area contributed by atoms with Gasteiger partial charge in [0.05, 0.1) is 0 Å². The van der Waals surface area contributed by atoms with Gasteiger partial charge in [0.15, 0.2) is 0 Å². The first-order valence-electron chi connectivity index (χ1n) is 4.06. The van der Waals surface area contributed by atoms with Crippen LogP contribution in [0.25, 0.3) is 0 Å². The molecule has 0 saturated heterocycles. The minimum atomic E-state index is 0.299. The van der Waals surface area contributed by atoms with E-state index in [2.05, 4.69) is 12.3 Å². The summed E-state index contributed by atoms with van der Waals surface area (Å²) in [5.41, 5.74) is 4.79. The molecule has 3 N–H and O–H groups in total. The Hall–Kier alpha value is -1.22. The minimum absolute atomic E-state index is 0.299. The quantitative estimate of drug-likeness (QED) is 0.485. The van der Waals surface area contributed by atoms with Crippen molar-refractivity contribution in [3.8, 4) is 5.75 Å². The zero-order valence-corrected chi connectivity index (χ0v) is 7.00. The number of anilines is 1. The monoisotopic (exact) mass is 164 g/mol. The van der Waals surface area contributed by atoms with Gasteiger partial charge in [-0.2, -0.15) is 0 Å². The predicted octanol–water partition coefficient (Wildman–Crippen LogP) is 1.30. The summed E-state index contributed by atoms with van der Waals surface area (Å²) in [7, 11) is 0. The highest BCUT2D eigenvalue weighted by molar-refractivity contribution is 5.51. The number of nitrogens with two attached hydrogens (primary N) is 1. The van der Waals surface area contributed by atoms with Gasteiger partial charge < -0.3 is 10.2 Å². The molecule has 1 unspecified atom stereocenters. The van der Waals surface area contributed by atoms with Gasteiger partial charge in [-0.25, -0.2) is 0 Å².